The van der Waals surface area contributed by atoms with Gasteiger partial charge in [0.2, 0.25) is 0 Å². The van der Waals surface area contributed by atoms with Gasteiger partial charge in [-0.25, -0.2) is 0 Å². The summed E-state index contributed by atoms with van der Waals surface area (Å²) in [5.74, 6) is -0.545. The minimum atomic E-state index is -3.21. The van der Waals surface area contributed by atoms with Crippen molar-refractivity contribution in [2.24, 2.45) is 0 Å². The molecule has 0 bridgehead atoms. The van der Waals surface area contributed by atoms with Crippen LogP contribution in [0.5, 0.6) is 0 Å². The standard InChI is InChI=1S/C8H17O7P/c1-16(12,15-7-4-10)14-5-2-8(11)13-6-3-9/h9-10H,2-7H2,1H3. The molecule has 96 valence electrons. The van der Waals surface area contributed by atoms with Crippen LogP contribution >= 0.6 is 7.60 Å². The molecule has 0 aromatic carbocycles. The van der Waals surface area contributed by atoms with Crippen LogP contribution < -0.4 is 0 Å². The highest BCUT2D eigenvalue weighted by molar-refractivity contribution is 7.52. The first-order chi connectivity index (χ1) is 7.52. The van der Waals surface area contributed by atoms with Crippen molar-refractivity contribution in [1.82, 2.24) is 0 Å². The van der Waals surface area contributed by atoms with E-state index in [0.717, 1.165) is 0 Å². The Morgan fingerprint density at radius 1 is 1.12 bits per heavy atom. The Kier molecular flexibility index (Phi) is 8.42. The molecule has 0 rings (SSSR count). The highest BCUT2D eigenvalue weighted by atomic mass is 31.2. The molecule has 0 saturated heterocycles. The molecule has 0 saturated carbocycles. The summed E-state index contributed by atoms with van der Waals surface area (Å²) in [6, 6.07) is 0. The number of hydrogen-bond donors (Lipinski definition) is 2. The van der Waals surface area contributed by atoms with Crippen LogP contribution in [0.15, 0.2) is 0 Å². The second kappa shape index (κ2) is 8.66. The lowest BCUT2D eigenvalue weighted by atomic mass is 10.5. The molecule has 2 N–H and O–H groups in total. The number of ether oxygens (including phenoxy) is 1. The van der Waals surface area contributed by atoms with Crippen molar-refractivity contribution >= 4 is 13.6 Å². The third kappa shape index (κ3) is 8.82. The number of esters is 1. The molecule has 7 nitrogen and oxygen atoms in total. The fourth-order valence-electron chi connectivity index (χ4n) is 0.770. The van der Waals surface area contributed by atoms with Crippen LogP contribution in [0.1, 0.15) is 6.42 Å². The Morgan fingerprint density at radius 3 is 2.25 bits per heavy atom. The second-order valence-electron chi connectivity index (χ2n) is 2.86. The fraction of sp³-hybridized carbons (Fsp3) is 0.875. The van der Waals surface area contributed by atoms with Gasteiger partial charge in [-0.2, -0.15) is 0 Å². The van der Waals surface area contributed by atoms with Gasteiger partial charge in [0.25, 0.3) is 0 Å². The quantitative estimate of drug-likeness (QED) is 0.433. The van der Waals surface area contributed by atoms with Crippen LogP contribution in [0, 0.1) is 0 Å². The topological polar surface area (TPSA) is 102 Å². The van der Waals surface area contributed by atoms with Gasteiger partial charge in [-0.1, -0.05) is 0 Å². The second-order valence-corrected chi connectivity index (χ2v) is 4.91. The normalized spacial score (nSPS) is 14.4. The molecule has 0 fully saturated rings. The summed E-state index contributed by atoms with van der Waals surface area (Å²) in [5, 5.41) is 16.8. The van der Waals surface area contributed by atoms with E-state index in [4.69, 9.17) is 19.3 Å². The Morgan fingerprint density at radius 2 is 1.69 bits per heavy atom. The largest absolute Gasteiger partial charge is 0.463 e. The van der Waals surface area contributed by atoms with E-state index in [1.165, 1.54) is 6.66 Å². The molecule has 0 aliphatic heterocycles. The first-order valence-corrected chi connectivity index (χ1v) is 6.75. The molecule has 0 spiro atoms. The molecule has 16 heavy (non-hydrogen) atoms. The molecular formula is C8H17O7P. The van der Waals surface area contributed by atoms with Crippen molar-refractivity contribution in [3.05, 3.63) is 0 Å². The van der Waals surface area contributed by atoms with Crippen molar-refractivity contribution in [1.29, 1.82) is 0 Å². The summed E-state index contributed by atoms with van der Waals surface area (Å²) in [4.78, 5) is 10.9. The molecule has 0 aromatic heterocycles. The number of hydrogen-bond acceptors (Lipinski definition) is 7. The molecule has 0 aliphatic rings. The molecule has 0 aliphatic carbocycles. The highest BCUT2D eigenvalue weighted by Crippen LogP contribution is 2.43. The Labute approximate surface area is 93.8 Å². The summed E-state index contributed by atoms with van der Waals surface area (Å²) in [5.41, 5.74) is 0. The monoisotopic (exact) mass is 256 g/mol. The summed E-state index contributed by atoms with van der Waals surface area (Å²) in [6.07, 6.45) is -0.0691. The zero-order valence-electron chi connectivity index (χ0n) is 9.13. The SMILES string of the molecule is CP(=O)(OCCO)OCCC(=O)OCCO. The third-order valence-corrected chi connectivity index (χ3v) is 2.71. The van der Waals surface area contributed by atoms with Crippen molar-refractivity contribution in [2.75, 3.05) is 39.7 Å². The molecule has 0 radical (unpaired) electrons. The smallest absolute Gasteiger partial charge is 0.327 e. The number of rotatable bonds is 9. The number of carbonyl (C=O) groups excluding carboxylic acids is 1. The predicted molar refractivity (Wildman–Crippen MR) is 55.2 cm³/mol. The van der Waals surface area contributed by atoms with Crippen LogP contribution in [0.3, 0.4) is 0 Å². The predicted octanol–water partition coefficient (Wildman–Crippen LogP) is -0.240. The van der Waals surface area contributed by atoms with Crippen LogP contribution in [0.2, 0.25) is 0 Å². The van der Waals surface area contributed by atoms with Gasteiger partial charge in [0.1, 0.15) is 6.61 Å². The lowest BCUT2D eigenvalue weighted by Crippen LogP contribution is -2.11. The van der Waals surface area contributed by atoms with Crippen molar-refractivity contribution in [2.45, 2.75) is 6.42 Å². The maximum absolute atomic E-state index is 11.4. The molecule has 0 heterocycles. The number of carbonyl (C=O) groups is 1. The third-order valence-electron chi connectivity index (χ3n) is 1.40. The van der Waals surface area contributed by atoms with Gasteiger partial charge in [0.15, 0.2) is 0 Å². The number of aliphatic hydroxyl groups is 2. The zero-order chi connectivity index (χ0) is 12.4. The van der Waals surface area contributed by atoms with Crippen LogP contribution in [0.4, 0.5) is 0 Å². The van der Waals surface area contributed by atoms with Crippen LogP contribution in [-0.4, -0.2) is 55.9 Å². The van der Waals surface area contributed by atoms with Crippen LogP contribution in [0.25, 0.3) is 0 Å². The summed E-state index contributed by atoms with van der Waals surface area (Å²) in [7, 11) is -3.21. The van der Waals surface area contributed by atoms with Gasteiger partial charge >= 0.3 is 13.6 Å². The molecule has 0 amide bonds. The van der Waals surface area contributed by atoms with E-state index in [1.807, 2.05) is 0 Å². The van der Waals surface area contributed by atoms with Gasteiger partial charge in [0, 0.05) is 6.66 Å². The van der Waals surface area contributed by atoms with Gasteiger partial charge in [0.05, 0.1) is 32.8 Å². The van der Waals surface area contributed by atoms with E-state index in [-0.39, 0.29) is 39.5 Å². The van der Waals surface area contributed by atoms with Gasteiger partial charge < -0.3 is 24.0 Å². The minimum Gasteiger partial charge on any atom is -0.463 e. The lowest BCUT2D eigenvalue weighted by Gasteiger charge is -2.12. The Balaban J connectivity index is 3.63. The Bertz CT molecular complexity index is 243. The average Bonchev–Trinajstić information content (AvgIpc) is 2.23. The van der Waals surface area contributed by atoms with E-state index in [1.54, 1.807) is 0 Å². The fourth-order valence-corrected chi connectivity index (χ4v) is 1.68. The summed E-state index contributed by atoms with van der Waals surface area (Å²) >= 11 is 0. The van der Waals surface area contributed by atoms with Crippen molar-refractivity contribution in [3.8, 4) is 0 Å². The highest BCUT2D eigenvalue weighted by Gasteiger charge is 2.17. The van der Waals surface area contributed by atoms with Crippen molar-refractivity contribution < 1.29 is 33.4 Å². The lowest BCUT2D eigenvalue weighted by molar-refractivity contribution is -0.145. The molecular weight excluding hydrogens is 239 g/mol. The van der Waals surface area contributed by atoms with Gasteiger partial charge in [-0.3, -0.25) is 9.36 Å². The molecule has 0 aromatic rings. The minimum absolute atomic E-state index is 0.0658. The molecule has 8 heteroatoms. The first kappa shape index (κ1) is 15.5. The van der Waals surface area contributed by atoms with Gasteiger partial charge in [-0.15, -0.1) is 0 Å². The molecule has 1 unspecified atom stereocenters. The summed E-state index contributed by atoms with van der Waals surface area (Å²) < 4.78 is 25.5. The number of aliphatic hydroxyl groups excluding tert-OH is 2. The average molecular weight is 256 g/mol. The van der Waals surface area contributed by atoms with E-state index in [2.05, 4.69) is 4.74 Å². The Hall–Kier alpha value is -0.460. The van der Waals surface area contributed by atoms with E-state index >= 15 is 0 Å². The van der Waals surface area contributed by atoms with Gasteiger partial charge in [-0.05, 0) is 0 Å². The zero-order valence-corrected chi connectivity index (χ0v) is 10.0. The van der Waals surface area contributed by atoms with E-state index in [0.29, 0.717) is 0 Å². The van der Waals surface area contributed by atoms with Crippen molar-refractivity contribution in [3.63, 3.8) is 0 Å². The maximum Gasteiger partial charge on any atom is 0.327 e. The van der Waals surface area contributed by atoms with Crippen LogP contribution in [-0.2, 0) is 23.1 Å². The first-order valence-electron chi connectivity index (χ1n) is 4.76. The van der Waals surface area contributed by atoms with E-state index in [9.17, 15) is 9.36 Å². The molecule has 1 atom stereocenters. The van der Waals surface area contributed by atoms with E-state index < -0.39 is 13.6 Å². The summed E-state index contributed by atoms with van der Waals surface area (Å²) in [6.45, 7) is 0.524. The maximum atomic E-state index is 11.4.